The Morgan fingerprint density at radius 3 is 2.46 bits per heavy atom. The zero-order valence-corrected chi connectivity index (χ0v) is 15.6. The summed E-state index contributed by atoms with van der Waals surface area (Å²) in [5.41, 5.74) is 2.94. The maximum atomic E-state index is 12.4. The van der Waals surface area contributed by atoms with Crippen molar-refractivity contribution in [2.45, 2.75) is 0 Å². The van der Waals surface area contributed by atoms with Crippen molar-refractivity contribution in [2.24, 2.45) is 0 Å². The lowest BCUT2D eigenvalue weighted by atomic mass is 10.1. The number of nitrogens with one attached hydrogen (secondary N) is 1. The molecule has 0 spiro atoms. The van der Waals surface area contributed by atoms with Crippen molar-refractivity contribution in [1.29, 1.82) is 0 Å². The standard InChI is InChI=1S/C23H19NO4/c1-26-16-10-7-15(8-11-16)9-12-23(25)24-19-14-21-18(13-22(19)27-2)17-5-3-4-6-20(17)28-21/h3-14H,1-2H3,(H,24,25)/b12-9+. The monoisotopic (exact) mass is 373 g/mol. The van der Waals surface area contributed by atoms with Crippen LogP contribution in [-0.2, 0) is 4.79 Å². The molecule has 4 rings (SSSR count). The minimum atomic E-state index is -0.260. The normalized spacial score (nSPS) is 11.2. The Labute approximate surface area is 162 Å². The third kappa shape index (κ3) is 3.42. The molecular weight excluding hydrogens is 354 g/mol. The fourth-order valence-corrected chi connectivity index (χ4v) is 3.08. The summed E-state index contributed by atoms with van der Waals surface area (Å²) in [7, 11) is 3.19. The summed E-state index contributed by atoms with van der Waals surface area (Å²) in [6.45, 7) is 0. The molecule has 3 aromatic carbocycles. The van der Waals surface area contributed by atoms with E-state index in [2.05, 4.69) is 5.32 Å². The maximum Gasteiger partial charge on any atom is 0.248 e. The summed E-state index contributed by atoms with van der Waals surface area (Å²) in [5.74, 6) is 1.08. The molecule has 0 saturated heterocycles. The third-order valence-electron chi connectivity index (χ3n) is 4.50. The molecule has 0 aliphatic carbocycles. The molecule has 0 bridgehead atoms. The van der Waals surface area contributed by atoms with Gasteiger partial charge in [-0.25, -0.2) is 0 Å². The van der Waals surface area contributed by atoms with Crippen molar-refractivity contribution in [1.82, 2.24) is 0 Å². The van der Waals surface area contributed by atoms with Crippen molar-refractivity contribution in [3.8, 4) is 11.5 Å². The van der Waals surface area contributed by atoms with Gasteiger partial charge in [-0.3, -0.25) is 4.79 Å². The van der Waals surface area contributed by atoms with Crippen LogP contribution in [0.25, 0.3) is 28.0 Å². The average molecular weight is 373 g/mol. The fourth-order valence-electron chi connectivity index (χ4n) is 3.08. The number of ether oxygens (including phenoxy) is 2. The summed E-state index contributed by atoms with van der Waals surface area (Å²) in [6, 6.07) is 18.9. The number of rotatable bonds is 5. The van der Waals surface area contributed by atoms with Crippen LogP contribution in [-0.4, -0.2) is 20.1 Å². The van der Waals surface area contributed by atoms with Gasteiger partial charge < -0.3 is 19.2 Å². The number of carbonyl (C=O) groups excluding carboxylic acids is 1. The van der Waals surface area contributed by atoms with Gasteiger partial charge in [-0.1, -0.05) is 30.3 Å². The third-order valence-corrected chi connectivity index (χ3v) is 4.50. The van der Waals surface area contributed by atoms with Gasteiger partial charge in [-0.2, -0.15) is 0 Å². The van der Waals surface area contributed by atoms with Gasteiger partial charge in [0.05, 0.1) is 19.9 Å². The Bertz CT molecular complexity index is 1170. The van der Waals surface area contributed by atoms with Gasteiger partial charge >= 0.3 is 0 Å². The molecule has 5 nitrogen and oxygen atoms in total. The topological polar surface area (TPSA) is 60.7 Å². The Morgan fingerprint density at radius 2 is 1.71 bits per heavy atom. The van der Waals surface area contributed by atoms with Crippen molar-refractivity contribution in [3.63, 3.8) is 0 Å². The molecule has 4 aromatic rings. The van der Waals surface area contributed by atoms with Gasteiger partial charge in [0.2, 0.25) is 5.91 Å². The SMILES string of the molecule is COc1ccc(/C=C/C(=O)Nc2cc3oc4ccccc4c3cc2OC)cc1. The minimum Gasteiger partial charge on any atom is -0.497 e. The molecule has 0 radical (unpaired) electrons. The molecule has 140 valence electrons. The van der Waals surface area contributed by atoms with Gasteiger partial charge in [-0.05, 0) is 35.9 Å². The molecule has 1 N–H and O–H groups in total. The Balaban J connectivity index is 1.59. The quantitative estimate of drug-likeness (QED) is 0.485. The first kappa shape index (κ1) is 17.7. The number of fused-ring (bicyclic) bond motifs is 3. The Kier molecular flexibility index (Phi) is 4.72. The highest BCUT2D eigenvalue weighted by Gasteiger charge is 2.13. The first-order chi connectivity index (χ1) is 13.7. The zero-order valence-electron chi connectivity index (χ0n) is 15.6. The van der Waals surface area contributed by atoms with E-state index < -0.39 is 0 Å². The molecular formula is C23H19NO4. The van der Waals surface area contributed by atoms with E-state index in [0.29, 0.717) is 17.0 Å². The van der Waals surface area contributed by atoms with Gasteiger partial charge in [0.1, 0.15) is 22.7 Å². The molecule has 5 heteroatoms. The average Bonchev–Trinajstić information content (AvgIpc) is 3.09. The lowest BCUT2D eigenvalue weighted by Gasteiger charge is -2.09. The van der Waals surface area contributed by atoms with Crippen molar-refractivity contribution < 1.29 is 18.7 Å². The maximum absolute atomic E-state index is 12.4. The Morgan fingerprint density at radius 1 is 0.929 bits per heavy atom. The van der Waals surface area contributed by atoms with E-state index in [0.717, 1.165) is 27.7 Å². The molecule has 28 heavy (non-hydrogen) atoms. The molecule has 1 aromatic heterocycles. The van der Waals surface area contributed by atoms with E-state index in [9.17, 15) is 4.79 Å². The van der Waals surface area contributed by atoms with Crippen molar-refractivity contribution in [3.05, 3.63) is 72.3 Å². The van der Waals surface area contributed by atoms with Gasteiger partial charge in [0, 0.05) is 22.9 Å². The van der Waals surface area contributed by atoms with E-state index in [1.807, 2.05) is 54.6 Å². The van der Waals surface area contributed by atoms with Crippen LogP contribution in [0.3, 0.4) is 0 Å². The van der Waals surface area contributed by atoms with E-state index in [4.69, 9.17) is 13.9 Å². The lowest BCUT2D eigenvalue weighted by Crippen LogP contribution is -2.08. The predicted molar refractivity (Wildman–Crippen MR) is 111 cm³/mol. The number of hydrogen-bond acceptors (Lipinski definition) is 4. The summed E-state index contributed by atoms with van der Waals surface area (Å²) >= 11 is 0. The number of furan rings is 1. The highest BCUT2D eigenvalue weighted by Crippen LogP contribution is 2.36. The molecule has 0 atom stereocenters. The van der Waals surface area contributed by atoms with Crippen LogP contribution in [0.1, 0.15) is 5.56 Å². The number of anilines is 1. The number of amides is 1. The number of hydrogen-bond donors (Lipinski definition) is 1. The van der Waals surface area contributed by atoms with Crippen LogP contribution in [0.5, 0.6) is 11.5 Å². The van der Waals surface area contributed by atoms with Crippen molar-refractivity contribution >= 4 is 39.6 Å². The zero-order chi connectivity index (χ0) is 19.5. The van der Waals surface area contributed by atoms with Crippen LogP contribution in [0.4, 0.5) is 5.69 Å². The summed E-state index contributed by atoms with van der Waals surface area (Å²) < 4.78 is 16.5. The van der Waals surface area contributed by atoms with E-state index >= 15 is 0 Å². The van der Waals surface area contributed by atoms with Crippen LogP contribution in [0.2, 0.25) is 0 Å². The molecule has 0 fully saturated rings. The molecule has 1 amide bonds. The summed E-state index contributed by atoms with van der Waals surface area (Å²) in [5, 5.41) is 4.81. The molecule has 0 unspecified atom stereocenters. The van der Waals surface area contributed by atoms with Gasteiger partial charge in [-0.15, -0.1) is 0 Å². The van der Waals surface area contributed by atoms with Gasteiger partial charge in [0.25, 0.3) is 0 Å². The number of carbonyl (C=O) groups is 1. The number of benzene rings is 3. The second-order valence-corrected chi connectivity index (χ2v) is 6.24. The second kappa shape index (κ2) is 7.48. The smallest absolute Gasteiger partial charge is 0.248 e. The second-order valence-electron chi connectivity index (χ2n) is 6.24. The van der Waals surface area contributed by atoms with E-state index in [-0.39, 0.29) is 5.91 Å². The van der Waals surface area contributed by atoms with E-state index in [1.165, 1.54) is 6.08 Å². The molecule has 0 aliphatic heterocycles. The largest absolute Gasteiger partial charge is 0.497 e. The van der Waals surface area contributed by atoms with Crippen LogP contribution >= 0.6 is 0 Å². The number of methoxy groups -OCH3 is 2. The van der Waals surface area contributed by atoms with E-state index in [1.54, 1.807) is 26.4 Å². The fraction of sp³-hybridized carbons (Fsp3) is 0.0870. The van der Waals surface area contributed by atoms with Crippen LogP contribution in [0.15, 0.2) is 71.2 Å². The summed E-state index contributed by atoms with van der Waals surface area (Å²) in [4.78, 5) is 12.4. The lowest BCUT2D eigenvalue weighted by molar-refractivity contribution is -0.111. The van der Waals surface area contributed by atoms with Crippen LogP contribution < -0.4 is 14.8 Å². The van der Waals surface area contributed by atoms with Crippen LogP contribution in [0, 0.1) is 0 Å². The first-order valence-corrected chi connectivity index (χ1v) is 8.80. The predicted octanol–water partition coefficient (Wildman–Crippen LogP) is 5.26. The highest BCUT2D eigenvalue weighted by atomic mass is 16.5. The number of para-hydroxylation sites is 1. The molecule has 0 saturated carbocycles. The van der Waals surface area contributed by atoms with Crippen molar-refractivity contribution in [2.75, 3.05) is 19.5 Å². The Hall–Kier alpha value is -3.73. The first-order valence-electron chi connectivity index (χ1n) is 8.80. The highest BCUT2D eigenvalue weighted by molar-refractivity contribution is 6.09. The molecule has 0 aliphatic rings. The van der Waals surface area contributed by atoms with Gasteiger partial charge in [0.15, 0.2) is 0 Å². The molecule has 1 heterocycles. The summed E-state index contributed by atoms with van der Waals surface area (Å²) in [6.07, 6.45) is 3.21. The minimum absolute atomic E-state index is 0.260.